The average molecular weight is 280 g/mol. The molecule has 1 heterocycles. The van der Waals surface area contributed by atoms with Crippen LogP contribution in [0.15, 0.2) is 0 Å². The van der Waals surface area contributed by atoms with Crippen LogP contribution in [0.3, 0.4) is 0 Å². The zero-order valence-corrected chi connectivity index (χ0v) is 11.9. The molecule has 1 fully saturated rings. The predicted molar refractivity (Wildman–Crippen MR) is 72.0 cm³/mol. The Morgan fingerprint density at radius 1 is 1.20 bits per heavy atom. The van der Waals surface area contributed by atoms with Gasteiger partial charge in [0.25, 0.3) is 0 Å². The number of hydrogen-bond donors (Lipinski definition) is 1. The Hall–Kier alpha value is 0.360. The third kappa shape index (κ3) is 7.28. The number of rotatable bonds is 7. The summed E-state index contributed by atoms with van der Waals surface area (Å²) < 4.78 is 0. The molecule has 0 atom stereocenters. The first-order valence-electron chi connectivity index (χ1n) is 5.88. The van der Waals surface area contributed by atoms with Gasteiger partial charge in [0, 0.05) is 13.1 Å². The molecule has 1 N–H and O–H groups in total. The number of nitrogens with one attached hydrogen (secondary N) is 1. The normalized spacial score (nSPS) is 17.0. The predicted octanol–water partition coefficient (Wildman–Crippen LogP) is 1.20. The average Bonchev–Trinajstić information content (AvgIpc) is 2.67. The minimum Gasteiger partial charge on any atom is -0.318 e. The van der Waals surface area contributed by atoms with Crippen molar-refractivity contribution < 1.29 is 0 Å². The Morgan fingerprint density at radius 2 is 1.87 bits per heavy atom. The lowest BCUT2D eigenvalue weighted by Crippen LogP contribution is -2.30. The lowest BCUT2D eigenvalue weighted by molar-refractivity contribution is 0.280. The van der Waals surface area contributed by atoms with Crippen LogP contribution in [0.1, 0.15) is 19.3 Å². The second-order valence-corrected chi connectivity index (χ2v) is 4.31. The summed E-state index contributed by atoms with van der Waals surface area (Å²) in [4.78, 5) is 5.00. The van der Waals surface area contributed by atoms with E-state index in [1.807, 2.05) is 7.05 Å². The molecule has 0 unspecified atom stereocenters. The van der Waals surface area contributed by atoms with Crippen LogP contribution in [0.2, 0.25) is 0 Å². The van der Waals surface area contributed by atoms with Crippen LogP contribution in [-0.4, -0.2) is 63.2 Å². The van der Waals surface area contributed by atoms with Gasteiger partial charge in [-0.15, -0.1) is 17.0 Å². The van der Waals surface area contributed by atoms with Crippen molar-refractivity contribution in [2.45, 2.75) is 19.3 Å². The van der Waals surface area contributed by atoms with Crippen molar-refractivity contribution in [2.75, 3.05) is 53.4 Å². The molecule has 1 rings (SSSR count). The molecular weight excluding hydrogens is 254 g/mol. The smallest absolute Gasteiger partial charge is 0.0104 e. The van der Waals surface area contributed by atoms with E-state index in [4.69, 9.17) is 0 Å². The second kappa shape index (κ2) is 9.58. The van der Waals surface area contributed by atoms with Gasteiger partial charge in [-0.3, -0.25) is 0 Å². The van der Waals surface area contributed by atoms with Gasteiger partial charge >= 0.3 is 0 Å². The fraction of sp³-hybridized carbons (Fsp3) is 1.00. The Kier molecular flexibility index (Phi) is 9.81. The highest BCUT2D eigenvalue weighted by molar-refractivity contribution is 8.93. The van der Waals surface area contributed by atoms with Crippen molar-refractivity contribution in [3.05, 3.63) is 0 Å². The first-order valence-corrected chi connectivity index (χ1v) is 5.88. The van der Waals surface area contributed by atoms with Crippen molar-refractivity contribution in [1.82, 2.24) is 15.1 Å². The Labute approximate surface area is 105 Å². The second-order valence-electron chi connectivity index (χ2n) is 4.31. The molecule has 0 radical (unpaired) electrons. The molecule has 0 aromatic heterocycles. The lowest BCUT2D eigenvalue weighted by atomic mass is 10.3. The number of likely N-dealkylation sites (N-methyl/N-ethyl adjacent to an activating group) is 2. The first kappa shape index (κ1) is 15.4. The van der Waals surface area contributed by atoms with E-state index >= 15 is 0 Å². The van der Waals surface area contributed by atoms with Gasteiger partial charge in [0.15, 0.2) is 0 Å². The van der Waals surface area contributed by atoms with Gasteiger partial charge in [-0.25, -0.2) is 0 Å². The van der Waals surface area contributed by atoms with Crippen LogP contribution in [0, 0.1) is 0 Å². The summed E-state index contributed by atoms with van der Waals surface area (Å²) in [6.45, 7) is 7.46. The number of likely N-dealkylation sites (tertiary alicyclic amines) is 1. The molecule has 0 aliphatic carbocycles. The lowest BCUT2D eigenvalue weighted by Gasteiger charge is -2.19. The van der Waals surface area contributed by atoms with Gasteiger partial charge in [-0.2, -0.15) is 0 Å². The molecule has 0 aromatic carbocycles. The van der Waals surface area contributed by atoms with Gasteiger partial charge in [0.1, 0.15) is 0 Å². The van der Waals surface area contributed by atoms with E-state index < -0.39 is 0 Å². The molecule has 0 saturated carbocycles. The molecule has 1 aliphatic heterocycles. The molecule has 1 aliphatic rings. The van der Waals surface area contributed by atoms with Gasteiger partial charge in [0.2, 0.25) is 0 Å². The zero-order chi connectivity index (χ0) is 10.2. The number of halogens is 1. The van der Waals surface area contributed by atoms with Crippen LogP contribution in [0.25, 0.3) is 0 Å². The van der Waals surface area contributed by atoms with Gasteiger partial charge < -0.3 is 15.1 Å². The van der Waals surface area contributed by atoms with Crippen LogP contribution < -0.4 is 5.32 Å². The van der Waals surface area contributed by atoms with E-state index in [2.05, 4.69) is 22.2 Å². The summed E-state index contributed by atoms with van der Waals surface area (Å²) in [5.41, 5.74) is 0. The van der Waals surface area contributed by atoms with Crippen molar-refractivity contribution >= 4 is 17.0 Å². The highest BCUT2D eigenvalue weighted by Gasteiger charge is 2.10. The molecule has 3 nitrogen and oxygen atoms in total. The maximum atomic E-state index is 3.18. The summed E-state index contributed by atoms with van der Waals surface area (Å²) in [5, 5.41) is 3.18. The third-order valence-corrected chi connectivity index (χ3v) is 2.96. The third-order valence-electron chi connectivity index (χ3n) is 2.96. The van der Waals surface area contributed by atoms with Crippen LogP contribution >= 0.6 is 17.0 Å². The van der Waals surface area contributed by atoms with Crippen LogP contribution in [0.5, 0.6) is 0 Å². The first-order chi connectivity index (χ1) is 6.83. The highest BCUT2D eigenvalue weighted by Crippen LogP contribution is 2.07. The van der Waals surface area contributed by atoms with Crippen molar-refractivity contribution in [1.29, 1.82) is 0 Å². The van der Waals surface area contributed by atoms with E-state index in [0.29, 0.717) is 0 Å². The molecule has 1 saturated heterocycles. The maximum Gasteiger partial charge on any atom is 0.0104 e. The highest BCUT2D eigenvalue weighted by atomic mass is 79.9. The fourth-order valence-electron chi connectivity index (χ4n) is 1.98. The summed E-state index contributed by atoms with van der Waals surface area (Å²) in [6.07, 6.45) is 4.14. The van der Waals surface area contributed by atoms with E-state index in [1.54, 1.807) is 0 Å². The SMILES string of the molecule is Br.CNCCN(C)CCCN1CCCC1. The van der Waals surface area contributed by atoms with Gasteiger partial charge in [0.05, 0.1) is 0 Å². The molecule has 0 bridgehead atoms. The van der Waals surface area contributed by atoms with Gasteiger partial charge in [-0.05, 0) is 59.5 Å². The van der Waals surface area contributed by atoms with Crippen molar-refractivity contribution in [3.63, 3.8) is 0 Å². The summed E-state index contributed by atoms with van der Waals surface area (Å²) in [5.74, 6) is 0. The Bertz CT molecular complexity index is 138. The summed E-state index contributed by atoms with van der Waals surface area (Å²) >= 11 is 0. The van der Waals surface area contributed by atoms with E-state index in [0.717, 1.165) is 13.1 Å². The van der Waals surface area contributed by atoms with E-state index in [1.165, 1.54) is 45.4 Å². The summed E-state index contributed by atoms with van der Waals surface area (Å²) in [6, 6.07) is 0. The van der Waals surface area contributed by atoms with Crippen molar-refractivity contribution in [2.24, 2.45) is 0 Å². The van der Waals surface area contributed by atoms with E-state index in [9.17, 15) is 0 Å². The monoisotopic (exact) mass is 279 g/mol. The minimum absolute atomic E-state index is 0. The molecule has 0 aromatic rings. The van der Waals surface area contributed by atoms with Crippen molar-refractivity contribution in [3.8, 4) is 0 Å². The van der Waals surface area contributed by atoms with Crippen LogP contribution in [0.4, 0.5) is 0 Å². The minimum atomic E-state index is 0. The molecule has 4 heteroatoms. The fourth-order valence-corrected chi connectivity index (χ4v) is 1.98. The Morgan fingerprint density at radius 3 is 2.47 bits per heavy atom. The summed E-state index contributed by atoms with van der Waals surface area (Å²) in [7, 11) is 4.22. The quantitative estimate of drug-likeness (QED) is 0.756. The molecule has 15 heavy (non-hydrogen) atoms. The topological polar surface area (TPSA) is 18.5 Å². The van der Waals surface area contributed by atoms with E-state index in [-0.39, 0.29) is 17.0 Å². The largest absolute Gasteiger partial charge is 0.318 e. The number of nitrogens with zero attached hydrogens (tertiary/aromatic N) is 2. The molecule has 0 spiro atoms. The molecule has 0 amide bonds. The maximum absolute atomic E-state index is 3.18. The van der Waals surface area contributed by atoms with Crippen LogP contribution in [-0.2, 0) is 0 Å². The molecule has 92 valence electrons. The van der Waals surface area contributed by atoms with Gasteiger partial charge in [-0.1, -0.05) is 0 Å². The molecular formula is C11H26BrN3. The Balaban J connectivity index is 0.00000196. The standard InChI is InChI=1S/C11H25N3.BrH/c1-12-6-11-13(2)7-5-10-14-8-3-4-9-14;/h12H,3-11H2,1-2H3;1H. The zero-order valence-electron chi connectivity index (χ0n) is 10.2. The number of hydrogen-bond acceptors (Lipinski definition) is 3.